The van der Waals surface area contributed by atoms with Gasteiger partial charge in [-0.1, -0.05) is 18.2 Å². The van der Waals surface area contributed by atoms with Gasteiger partial charge in [0.15, 0.2) is 11.5 Å². The summed E-state index contributed by atoms with van der Waals surface area (Å²) in [6.45, 7) is 0. The van der Waals surface area contributed by atoms with Crippen LogP contribution in [0.2, 0.25) is 0 Å². The van der Waals surface area contributed by atoms with E-state index < -0.39 is 0 Å². The summed E-state index contributed by atoms with van der Waals surface area (Å²) in [6.07, 6.45) is 0.717. The fourth-order valence-corrected chi connectivity index (χ4v) is 2.56. The molecule has 0 heterocycles. The Balaban J connectivity index is 1.67. The summed E-state index contributed by atoms with van der Waals surface area (Å²) in [4.78, 5) is 12.2. The lowest BCUT2D eigenvalue weighted by Gasteiger charge is -2.08. The number of hydrogen-bond acceptors (Lipinski definition) is 3. The predicted octanol–water partition coefficient (Wildman–Crippen LogP) is 2.83. The van der Waals surface area contributed by atoms with Gasteiger partial charge in [0, 0.05) is 17.5 Å². The molecule has 0 spiro atoms. The average Bonchev–Trinajstić information content (AvgIpc) is 3.26. The molecule has 2 N–H and O–H groups in total. The van der Waals surface area contributed by atoms with Gasteiger partial charge in [-0.05, 0) is 36.2 Å². The van der Waals surface area contributed by atoms with Crippen LogP contribution in [0.25, 0.3) is 0 Å². The first-order valence-electron chi connectivity index (χ1n) is 7.02. The van der Waals surface area contributed by atoms with E-state index in [2.05, 4.69) is 5.32 Å². The molecule has 114 valence electrons. The van der Waals surface area contributed by atoms with Crippen molar-refractivity contribution in [3.05, 3.63) is 59.4 Å². The third kappa shape index (κ3) is 2.74. The predicted molar refractivity (Wildman–Crippen MR) is 79.7 cm³/mol. The van der Waals surface area contributed by atoms with Crippen molar-refractivity contribution in [1.82, 2.24) is 5.32 Å². The smallest absolute Gasteiger partial charge is 0.251 e. The molecule has 0 bridgehead atoms. The van der Waals surface area contributed by atoms with Gasteiger partial charge in [0.1, 0.15) is 5.82 Å². The molecule has 1 fully saturated rings. The second kappa shape index (κ2) is 5.67. The van der Waals surface area contributed by atoms with E-state index in [0.717, 1.165) is 6.42 Å². The van der Waals surface area contributed by atoms with Crippen LogP contribution in [0.3, 0.4) is 0 Å². The third-order valence-electron chi connectivity index (χ3n) is 3.85. The first-order chi connectivity index (χ1) is 10.6. The maximum Gasteiger partial charge on any atom is 0.251 e. The number of benzene rings is 2. The molecule has 1 aliphatic rings. The standard InChI is InChI=1S/C17H16FNO3/c1-22-16-7-6-10(8-15(16)20)17(21)19-14-9-12(14)11-4-2-3-5-13(11)18/h2-8,12,14,20H,9H2,1H3,(H,19,21)/t12-,14+/m1/s1. The minimum absolute atomic E-state index is 0.0111. The number of aromatic hydroxyl groups is 1. The van der Waals surface area contributed by atoms with Gasteiger partial charge in [-0.2, -0.15) is 0 Å². The van der Waals surface area contributed by atoms with Gasteiger partial charge in [-0.15, -0.1) is 0 Å². The first kappa shape index (κ1) is 14.4. The Kier molecular flexibility index (Phi) is 3.71. The number of amides is 1. The van der Waals surface area contributed by atoms with E-state index in [4.69, 9.17) is 4.74 Å². The number of hydrogen-bond donors (Lipinski definition) is 2. The number of phenols is 1. The molecule has 2 aromatic carbocycles. The summed E-state index contributed by atoms with van der Waals surface area (Å²) < 4.78 is 18.6. The van der Waals surface area contributed by atoms with Crippen molar-refractivity contribution in [2.75, 3.05) is 7.11 Å². The molecular weight excluding hydrogens is 285 g/mol. The summed E-state index contributed by atoms with van der Waals surface area (Å²) in [7, 11) is 1.44. The highest BCUT2D eigenvalue weighted by molar-refractivity contribution is 5.95. The molecule has 22 heavy (non-hydrogen) atoms. The number of carbonyl (C=O) groups is 1. The van der Waals surface area contributed by atoms with Gasteiger partial charge >= 0.3 is 0 Å². The van der Waals surface area contributed by atoms with Crippen molar-refractivity contribution in [2.24, 2.45) is 0 Å². The number of carbonyl (C=O) groups excluding carboxylic acids is 1. The highest BCUT2D eigenvalue weighted by Crippen LogP contribution is 2.42. The zero-order chi connectivity index (χ0) is 15.7. The molecule has 5 heteroatoms. The van der Waals surface area contributed by atoms with Crippen molar-refractivity contribution in [1.29, 1.82) is 0 Å². The molecule has 2 atom stereocenters. The van der Waals surface area contributed by atoms with Gasteiger partial charge < -0.3 is 15.2 Å². The van der Waals surface area contributed by atoms with Gasteiger partial charge in [-0.25, -0.2) is 4.39 Å². The number of ether oxygens (including phenoxy) is 1. The Morgan fingerprint density at radius 1 is 1.32 bits per heavy atom. The number of methoxy groups -OCH3 is 1. The lowest BCUT2D eigenvalue weighted by atomic mass is 10.1. The van der Waals surface area contributed by atoms with Gasteiger partial charge in [0.25, 0.3) is 5.91 Å². The molecule has 3 rings (SSSR count). The van der Waals surface area contributed by atoms with Crippen LogP contribution < -0.4 is 10.1 Å². The molecular formula is C17H16FNO3. The fraction of sp³-hybridized carbons (Fsp3) is 0.235. The van der Waals surface area contributed by atoms with Crippen molar-refractivity contribution < 1.29 is 19.0 Å². The molecule has 2 aromatic rings. The van der Waals surface area contributed by atoms with Crippen LogP contribution in [0.1, 0.15) is 28.3 Å². The highest BCUT2D eigenvalue weighted by atomic mass is 19.1. The molecule has 1 aliphatic carbocycles. The van der Waals surface area contributed by atoms with Crippen LogP contribution in [0.4, 0.5) is 4.39 Å². The number of nitrogens with one attached hydrogen (secondary N) is 1. The van der Waals surface area contributed by atoms with E-state index in [1.165, 1.54) is 25.3 Å². The third-order valence-corrected chi connectivity index (χ3v) is 3.85. The van der Waals surface area contributed by atoms with Crippen LogP contribution in [0.5, 0.6) is 11.5 Å². The SMILES string of the molecule is COc1ccc(C(=O)N[C@H]2C[C@@H]2c2ccccc2F)cc1O. The Bertz CT molecular complexity index is 717. The van der Waals surface area contributed by atoms with E-state index in [9.17, 15) is 14.3 Å². The van der Waals surface area contributed by atoms with Crippen molar-refractivity contribution in [3.63, 3.8) is 0 Å². The zero-order valence-electron chi connectivity index (χ0n) is 12.0. The largest absolute Gasteiger partial charge is 0.504 e. The summed E-state index contributed by atoms with van der Waals surface area (Å²) in [5.41, 5.74) is 0.975. The van der Waals surface area contributed by atoms with E-state index in [-0.39, 0.29) is 29.4 Å². The summed E-state index contributed by atoms with van der Waals surface area (Å²) in [5, 5.41) is 12.6. The van der Waals surface area contributed by atoms with Crippen LogP contribution in [-0.2, 0) is 0 Å². The number of phenolic OH excluding ortho intramolecular Hbond substituents is 1. The van der Waals surface area contributed by atoms with E-state index in [0.29, 0.717) is 16.9 Å². The Hall–Kier alpha value is -2.56. The van der Waals surface area contributed by atoms with E-state index in [1.54, 1.807) is 24.3 Å². The average molecular weight is 301 g/mol. The first-order valence-corrected chi connectivity index (χ1v) is 7.02. The fourth-order valence-electron chi connectivity index (χ4n) is 2.56. The topological polar surface area (TPSA) is 58.6 Å². The number of halogens is 1. The maximum absolute atomic E-state index is 13.7. The zero-order valence-corrected chi connectivity index (χ0v) is 12.0. The van der Waals surface area contributed by atoms with Crippen LogP contribution in [0.15, 0.2) is 42.5 Å². The molecule has 4 nitrogen and oxygen atoms in total. The van der Waals surface area contributed by atoms with Crippen LogP contribution >= 0.6 is 0 Å². The van der Waals surface area contributed by atoms with E-state index >= 15 is 0 Å². The summed E-state index contributed by atoms with van der Waals surface area (Å²) in [5.74, 6) is -0.297. The quantitative estimate of drug-likeness (QED) is 0.913. The second-order valence-electron chi connectivity index (χ2n) is 5.33. The van der Waals surface area contributed by atoms with Gasteiger partial charge in [-0.3, -0.25) is 4.79 Å². The van der Waals surface area contributed by atoms with Crippen molar-refractivity contribution in [3.8, 4) is 11.5 Å². The minimum Gasteiger partial charge on any atom is -0.504 e. The van der Waals surface area contributed by atoms with Crippen molar-refractivity contribution >= 4 is 5.91 Å². The van der Waals surface area contributed by atoms with Gasteiger partial charge in [0.05, 0.1) is 7.11 Å². The molecule has 1 amide bonds. The van der Waals surface area contributed by atoms with E-state index in [1.807, 2.05) is 0 Å². The Morgan fingerprint density at radius 3 is 2.77 bits per heavy atom. The maximum atomic E-state index is 13.7. The molecule has 0 aromatic heterocycles. The van der Waals surface area contributed by atoms with Crippen LogP contribution in [-0.4, -0.2) is 24.2 Å². The van der Waals surface area contributed by atoms with Crippen molar-refractivity contribution in [2.45, 2.75) is 18.4 Å². The second-order valence-corrected chi connectivity index (χ2v) is 5.33. The Labute approximate surface area is 127 Å². The van der Waals surface area contributed by atoms with Gasteiger partial charge in [0.2, 0.25) is 0 Å². The molecule has 0 saturated heterocycles. The van der Waals surface area contributed by atoms with Crippen LogP contribution in [0, 0.1) is 5.82 Å². The molecule has 0 unspecified atom stereocenters. The molecule has 0 radical (unpaired) electrons. The lowest BCUT2D eigenvalue weighted by molar-refractivity contribution is 0.0949. The minimum atomic E-state index is -0.290. The molecule has 1 saturated carbocycles. The monoisotopic (exact) mass is 301 g/mol. The summed E-state index contributed by atoms with van der Waals surface area (Å²) >= 11 is 0. The molecule has 0 aliphatic heterocycles. The summed E-state index contributed by atoms with van der Waals surface area (Å²) in [6, 6.07) is 11.0. The normalized spacial score (nSPS) is 19.5. The lowest BCUT2D eigenvalue weighted by Crippen LogP contribution is -2.26. The number of rotatable bonds is 4. The highest BCUT2D eigenvalue weighted by Gasteiger charge is 2.41. The Morgan fingerprint density at radius 2 is 2.09 bits per heavy atom.